The Bertz CT molecular complexity index is 879. The molecule has 1 fully saturated rings. The summed E-state index contributed by atoms with van der Waals surface area (Å²) in [5, 5.41) is 13.4. The summed E-state index contributed by atoms with van der Waals surface area (Å²) >= 11 is 0. The number of amides is 1. The van der Waals surface area contributed by atoms with E-state index in [-0.39, 0.29) is 19.0 Å². The Labute approximate surface area is 165 Å². The summed E-state index contributed by atoms with van der Waals surface area (Å²) in [5.41, 5.74) is 2.48. The first kappa shape index (κ1) is 20.7. The number of benzene rings is 1. The maximum atomic E-state index is 12.6. The fourth-order valence-corrected chi connectivity index (χ4v) is 3.17. The maximum absolute atomic E-state index is 12.6. The van der Waals surface area contributed by atoms with Crippen LogP contribution in [0, 0.1) is 12.3 Å². The van der Waals surface area contributed by atoms with Crippen LogP contribution >= 0.6 is 0 Å². The number of terminal acetylenes is 1. The molecule has 1 amide bonds. The number of carbonyl (C=O) groups is 1. The standard InChI is InChI=1S/C20H20F3N3O3/c1-2-14-3-5-16(6-4-14)26-12-9-17(24-26)15-7-10-25(11-8-15)19(28)29-18(13-27)20(21,22)23/h1,3-6,9,12,15,18,27H,7-8,10-11,13H2. The van der Waals surface area contributed by atoms with Gasteiger partial charge >= 0.3 is 12.3 Å². The van der Waals surface area contributed by atoms with Gasteiger partial charge in [0, 0.05) is 30.8 Å². The molecular weight excluding hydrogens is 387 g/mol. The number of aliphatic hydroxyl groups is 1. The molecule has 1 unspecified atom stereocenters. The molecule has 0 bridgehead atoms. The highest BCUT2D eigenvalue weighted by atomic mass is 19.4. The summed E-state index contributed by atoms with van der Waals surface area (Å²) in [7, 11) is 0. The molecule has 2 aromatic rings. The van der Waals surface area contributed by atoms with E-state index in [9.17, 15) is 18.0 Å². The normalized spacial score (nSPS) is 16.3. The van der Waals surface area contributed by atoms with Crippen molar-refractivity contribution in [3.63, 3.8) is 0 Å². The van der Waals surface area contributed by atoms with E-state index < -0.39 is 25.0 Å². The number of ether oxygens (including phenoxy) is 1. The van der Waals surface area contributed by atoms with Gasteiger partial charge in [0.15, 0.2) is 0 Å². The summed E-state index contributed by atoms with van der Waals surface area (Å²) in [5.74, 6) is 2.64. The van der Waals surface area contributed by atoms with Crippen molar-refractivity contribution in [1.82, 2.24) is 14.7 Å². The third-order valence-corrected chi connectivity index (χ3v) is 4.85. The first-order chi connectivity index (χ1) is 13.8. The Balaban J connectivity index is 1.57. The van der Waals surface area contributed by atoms with Gasteiger partial charge in [-0.05, 0) is 43.2 Å². The number of aliphatic hydroxyl groups excluding tert-OH is 1. The number of alkyl halides is 3. The zero-order chi connectivity index (χ0) is 21.0. The van der Waals surface area contributed by atoms with Gasteiger partial charge in [-0.2, -0.15) is 18.3 Å². The fourth-order valence-electron chi connectivity index (χ4n) is 3.17. The van der Waals surface area contributed by atoms with Crippen molar-refractivity contribution < 1.29 is 27.8 Å². The monoisotopic (exact) mass is 407 g/mol. The Morgan fingerprint density at radius 2 is 1.93 bits per heavy atom. The molecule has 0 saturated carbocycles. The molecule has 1 aliphatic rings. The average Bonchev–Trinajstić information content (AvgIpc) is 3.21. The lowest BCUT2D eigenvalue weighted by atomic mass is 9.94. The largest absolute Gasteiger partial charge is 0.434 e. The van der Waals surface area contributed by atoms with E-state index in [4.69, 9.17) is 11.5 Å². The Morgan fingerprint density at radius 1 is 1.28 bits per heavy atom. The molecule has 1 N–H and O–H groups in total. The van der Waals surface area contributed by atoms with Crippen molar-refractivity contribution in [3.8, 4) is 18.0 Å². The van der Waals surface area contributed by atoms with Gasteiger partial charge in [-0.3, -0.25) is 0 Å². The second-order valence-electron chi connectivity index (χ2n) is 6.73. The zero-order valence-electron chi connectivity index (χ0n) is 15.5. The summed E-state index contributed by atoms with van der Waals surface area (Å²) in [6.45, 7) is -0.794. The molecule has 0 radical (unpaired) electrons. The van der Waals surface area contributed by atoms with Crippen molar-refractivity contribution in [3.05, 3.63) is 47.8 Å². The lowest BCUT2D eigenvalue weighted by molar-refractivity contribution is -0.214. The van der Waals surface area contributed by atoms with Crippen LogP contribution in [0.2, 0.25) is 0 Å². The van der Waals surface area contributed by atoms with Crippen molar-refractivity contribution in [2.75, 3.05) is 19.7 Å². The summed E-state index contributed by atoms with van der Waals surface area (Å²) < 4.78 is 44.1. The van der Waals surface area contributed by atoms with E-state index in [0.717, 1.165) is 16.9 Å². The second-order valence-corrected chi connectivity index (χ2v) is 6.73. The molecule has 6 nitrogen and oxygen atoms in total. The lowest BCUT2D eigenvalue weighted by Gasteiger charge is -2.31. The number of aromatic nitrogens is 2. The zero-order valence-corrected chi connectivity index (χ0v) is 15.5. The van der Waals surface area contributed by atoms with Crippen LogP contribution in [0.15, 0.2) is 36.5 Å². The Kier molecular flexibility index (Phi) is 6.13. The first-order valence-electron chi connectivity index (χ1n) is 9.07. The lowest BCUT2D eigenvalue weighted by Crippen LogP contribution is -2.44. The van der Waals surface area contributed by atoms with Crippen LogP contribution in [-0.2, 0) is 4.74 Å². The van der Waals surface area contributed by atoms with Crippen molar-refractivity contribution in [2.24, 2.45) is 0 Å². The van der Waals surface area contributed by atoms with Gasteiger partial charge < -0.3 is 14.7 Å². The smallest absolute Gasteiger partial charge is 0.427 e. The third kappa shape index (κ3) is 4.90. The summed E-state index contributed by atoms with van der Waals surface area (Å²) in [4.78, 5) is 13.2. The van der Waals surface area contributed by atoms with Crippen LogP contribution in [0.5, 0.6) is 0 Å². The SMILES string of the molecule is C#Cc1ccc(-n2ccc(C3CCN(C(=O)OC(CO)C(F)(F)F)CC3)n2)cc1. The predicted octanol–water partition coefficient (Wildman–Crippen LogP) is 3.09. The van der Waals surface area contributed by atoms with Crippen LogP contribution in [0.4, 0.5) is 18.0 Å². The topological polar surface area (TPSA) is 67.6 Å². The molecule has 154 valence electrons. The van der Waals surface area contributed by atoms with Crippen molar-refractivity contribution in [1.29, 1.82) is 0 Å². The molecule has 29 heavy (non-hydrogen) atoms. The highest BCUT2D eigenvalue weighted by Gasteiger charge is 2.43. The number of piperidine rings is 1. The van der Waals surface area contributed by atoms with E-state index in [2.05, 4.69) is 15.8 Å². The van der Waals surface area contributed by atoms with Crippen LogP contribution < -0.4 is 0 Å². The molecule has 9 heteroatoms. The van der Waals surface area contributed by atoms with Crippen LogP contribution in [-0.4, -0.2) is 57.9 Å². The summed E-state index contributed by atoms with van der Waals surface area (Å²) in [6.07, 6.45) is -0.0905. The number of hydrogen-bond acceptors (Lipinski definition) is 4. The number of carbonyl (C=O) groups excluding carboxylic acids is 1. The van der Waals surface area contributed by atoms with E-state index in [0.29, 0.717) is 12.8 Å². The molecule has 2 heterocycles. The highest BCUT2D eigenvalue weighted by Crippen LogP contribution is 2.29. The fraction of sp³-hybridized carbons (Fsp3) is 0.400. The van der Waals surface area contributed by atoms with Gasteiger partial charge in [-0.15, -0.1) is 6.42 Å². The molecule has 3 rings (SSSR count). The highest BCUT2D eigenvalue weighted by molar-refractivity contribution is 5.68. The number of halogens is 3. The molecule has 1 saturated heterocycles. The maximum Gasteiger partial charge on any atom is 0.427 e. The van der Waals surface area contributed by atoms with Gasteiger partial charge in [-0.1, -0.05) is 5.92 Å². The van der Waals surface area contributed by atoms with Crippen LogP contribution in [0.1, 0.15) is 30.0 Å². The van der Waals surface area contributed by atoms with Gasteiger partial charge in [0.25, 0.3) is 0 Å². The number of rotatable bonds is 4. The molecule has 0 aliphatic carbocycles. The van der Waals surface area contributed by atoms with Crippen LogP contribution in [0.25, 0.3) is 5.69 Å². The number of likely N-dealkylation sites (tertiary alicyclic amines) is 1. The molecule has 1 aliphatic heterocycles. The van der Waals surface area contributed by atoms with Crippen molar-refractivity contribution in [2.45, 2.75) is 31.0 Å². The number of nitrogens with zero attached hydrogens (tertiary/aromatic N) is 3. The van der Waals surface area contributed by atoms with Crippen molar-refractivity contribution >= 4 is 6.09 Å². The quantitative estimate of drug-likeness (QED) is 0.791. The van der Waals surface area contributed by atoms with Gasteiger partial charge in [-0.25, -0.2) is 9.48 Å². The van der Waals surface area contributed by atoms with Gasteiger partial charge in [0.05, 0.1) is 18.0 Å². The van der Waals surface area contributed by atoms with Gasteiger partial charge in [0.2, 0.25) is 6.10 Å². The second kappa shape index (κ2) is 8.57. The third-order valence-electron chi connectivity index (χ3n) is 4.85. The van der Waals surface area contributed by atoms with E-state index in [1.165, 1.54) is 4.90 Å². The first-order valence-corrected chi connectivity index (χ1v) is 9.07. The number of hydrogen-bond donors (Lipinski definition) is 1. The Morgan fingerprint density at radius 3 is 2.48 bits per heavy atom. The molecule has 1 aromatic carbocycles. The predicted molar refractivity (Wildman–Crippen MR) is 98.5 cm³/mol. The minimum atomic E-state index is -4.80. The summed E-state index contributed by atoms with van der Waals surface area (Å²) in [6, 6.07) is 9.26. The van der Waals surface area contributed by atoms with Crippen LogP contribution in [0.3, 0.4) is 0 Å². The minimum absolute atomic E-state index is 0.0848. The van der Waals surface area contributed by atoms with E-state index in [1.54, 1.807) is 4.68 Å². The minimum Gasteiger partial charge on any atom is -0.434 e. The molecule has 1 atom stereocenters. The molecule has 0 spiro atoms. The van der Waals surface area contributed by atoms with E-state index >= 15 is 0 Å². The Hall–Kier alpha value is -2.99. The molecular formula is C20H20F3N3O3. The van der Waals surface area contributed by atoms with E-state index in [1.807, 2.05) is 36.5 Å². The molecule has 1 aromatic heterocycles. The average molecular weight is 407 g/mol. The van der Waals surface area contributed by atoms with Gasteiger partial charge in [0.1, 0.15) is 0 Å².